The third-order valence-corrected chi connectivity index (χ3v) is 2.15. The van der Waals surface area contributed by atoms with Crippen molar-refractivity contribution in [3.8, 4) is 0 Å². The van der Waals surface area contributed by atoms with Crippen molar-refractivity contribution in [1.82, 2.24) is 5.32 Å². The van der Waals surface area contributed by atoms with Gasteiger partial charge in [0.1, 0.15) is 0 Å². The summed E-state index contributed by atoms with van der Waals surface area (Å²) in [7, 11) is 0. The van der Waals surface area contributed by atoms with Gasteiger partial charge < -0.3 is 10.2 Å². The largest absolute Gasteiger partial charge is 0.368 e. The minimum atomic E-state index is 1.09. The fourth-order valence-electron chi connectivity index (χ4n) is 1.49. The van der Waals surface area contributed by atoms with E-state index in [1.54, 1.807) is 0 Å². The van der Waals surface area contributed by atoms with Crippen molar-refractivity contribution in [3.05, 3.63) is 30.3 Å². The Labute approximate surface area is 73.2 Å². The number of piperazine rings is 1. The molecule has 1 aliphatic rings. The minimum absolute atomic E-state index is 1.09. The van der Waals surface area contributed by atoms with Gasteiger partial charge in [-0.1, -0.05) is 18.2 Å². The standard InChI is InChI=1S/C10H13N2/c1-2-4-10(5-3-1)12-8-6-11-7-9-12/h1-4,11H,6-9H2. The number of anilines is 1. The fraction of sp³-hybridized carbons (Fsp3) is 0.400. The average molecular weight is 161 g/mol. The van der Waals surface area contributed by atoms with Gasteiger partial charge in [0, 0.05) is 37.9 Å². The molecule has 1 aliphatic heterocycles. The van der Waals surface area contributed by atoms with E-state index >= 15 is 0 Å². The molecule has 0 spiro atoms. The minimum Gasteiger partial charge on any atom is -0.368 e. The third kappa shape index (κ3) is 1.59. The highest BCUT2D eigenvalue weighted by atomic mass is 15.2. The highest BCUT2D eigenvalue weighted by molar-refractivity contribution is 5.45. The number of nitrogens with zero attached hydrogens (tertiary/aromatic N) is 1. The Balaban J connectivity index is 2.08. The molecule has 1 saturated heterocycles. The molecule has 0 aromatic heterocycles. The Morgan fingerprint density at radius 1 is 1.25 bits per heavy atom. The zero-order valence-corrected chi connectivity index (χ0v) is 7.09. The smallest absolute Gasteiger partial charge is 0.0447 e. The molecule has 0 unspecified atom stereocenters. The maximum Gasteiger partial charge on any atom is 0.0447 e. The van der Waals surface area contributed by atoms with Crippen LogP contribution in [0.2, 0.25) is 0 Å². The average Bonchev–Trinajstić information content (AvgIpc) is 2.21. The molecule has 2 nitrogen and oxygen atoms in total. The molecule has 1 radical (unpaired) electrons. The van der Waals surface area contributed by atoms with Crippen molar-refractivity contribution in [1.29, 1.82) is 0 Å². The van der Waals surface area contributed by atoms with Crippen LogP contribution in [-0.4, -0.2) is 26.2 Å². The lowest BCUT2D eigenvalue weighted by Crippen LogP contribution is -2.43. The Hall–Kier alpha value is -1.02. The number of para-hydroxylation sites is 1. The molecule has 0 atom stereocenters. The molecule has 0 amide bonds. The van der Waals surface area contributed by atoms with Crippen LogP contribution in [0, 0.1) is 6.07 Å². The fourth-order valence-corrected chi connectivity index (χ4v) is 1.49. The predicted molar refractivity (Wildman–Crippen MR) is 50.4 cm³/mol. The van der Waals surface area contributed by atoms with Crippen molar-refractivity contribution in [3.63, 3.8) is 0 Å². The summed E-state index contributed by atoms with van der Waals surface area (Å²) in [4.78, 5) is 2.36. The molecule has 1 aromatic carbocycles. The van der Waals surface area contributed by atoms with E-state index < -0.39 is 0 Å². The monoisotopic (exact) mass is 161 g/mol. The first-order chi connectivity index (χ1) is 5.97. The molecule has 0 aliphatic carbocycles. The molecule has 2 rings (SSSR count). The molecular formula is C10H13N2. The Kier molecular flexibility index (Phi) is 2.28. The van der Waals surface area contributed by atoms with Gasteiger partial charge in [-0.25, -0.2) is 0 Å². The molecule has 1 fully saturated rings. The summed E-state index contributed by atoms with van der Waals surface area (Å²) in [6.45, 7) is 4.37. The van der Waals surface area contributed by atoms with E-state index in [-0.39, 0.29) is 0 Å². The van der Waals surface area contributed by atoms with E-state index in [0.29, 0.717) is 0 Å². The van der Waals surface area contributed by atoms with E-state index in [0.717, 1.165) is 26.2 Å². The molecule has 0 saturated carbocycles. The summed E-state index contributed by atoms with van der Waals surface area (Å²) in [5.74, 6) is 0. The highest BCUT2D eigenvalue weighted by Gasteiger charge is 2.08. The highest BCUT2D eigenvalue weighted by Crippen LogP contribution is 2.11. The van der Waals surface area contributed by atoms with Gasteiger partial charge in [-0.2, -0.15) is 0 Å². The van der Waals surface area contributed by atoms with E-state index in [2.05, 4.69) is 28.4 Å². The van der Waals surface area contributed by atoms with Crippen LogP contribution in [0.4, 0.5) is 5.69 Å². The van der Waals surface area contributed by atoms with Crippen LogP contribution in [0.1, 0.15) is 0 Å². The maximum atomic E-state index is 3.33. The van der Waals surface area contributed by atoms with Crippen LogP contribution in [-0.2, 0) is 0 Å². The lowest BCUT2D eigenvalue weighted by Gasteiger charge is -2.29. The quantitative estimate of drug-likeness (QED) is 0.658. The summed E-state index contributed by atoms with van der Waals surface area (Å²) in [5, 5.41) is 3.33. The van der Waals surface area contributed by atoms with Gasteiger partial charge in [0.2, 0.25) is 0 Å². The van der Waals surface area contributed by atoms with Gasteiger partial charge in [0.25, 0.3) is 0 Å². The van der Waals surface area contributed by atoms with E-state index in [4.69, 9.17) is 0 Å². The van der Waals surface area contributed by atoms with Crippen molar-refractivity contribution in [2.45, 2.75) is 0 Å². The van der Waals surface area contributed by atoms with Gasteiger partial charge in [-0.05, 0) is 6.07 Å². The van der Waals surface area contributed by atoms with Gasteiger partial charge >= 0.3 is 0 Å². The van der Waals surface area contributed by atoms with Gasteiger partial charge in [-0.3, -0.25) is 0 Å². The Morgan fingerprint density at radius 2 is 2.08 bits per heavy atom. The number of hydrogen-bond donors (Lipinski definition) is 1. The lowest BCUT2D eigenvalue weighted by atomic mass is 10.2. The van der Waals surface area contributed by atoms with Gasteiger partial charge in [0.05, 0.1) is 0 Å². The van der Waals surface area contributed by atoms with E-state index in [1.165, 1.54) is 5.69 Å². The van der Waals surface area contributed by atoms with E-state index in [9.17, 15) is 0 Å². The first kappa shape index (κ1) is 7.62. The van der Waals surface area contributed by atoms with Crippen molar-refractivity contribution < 1.29 is 0 Å². The van der Waals surface area contributed by atoms with Crippen LogP contribution >= 0.6 is 0 Å². The van der Waals surface area contributed by atoms with Crippen LogP contribution in [0.15, 0.2) is 24.3 Å². The third-order valence-electron chi connectivity index (χ3n) is 2.15. The maximum absolute atomic E-state index is 3.33. The van der Waals surface area contributed by atoms with Crippen LogP contribution < -0.4 is 10.2 Å². The zero-order chi connectivity index (χ0) is 8.23. The number of hydrogen-bond acceptors (Lipinski definition) is 2. The molecule has 1 N–H and O–H groups in total. The van der Waals surface area contributed by atoms with Gasteiger partial charge in [-0.15, -0.1) is 0 Å². The summed E-state index contributed by atoms with van der Waals surface area (Å²) in [5.41, 5.74) is 1.22. The molecule has 63 valence electrons. The second-order valence-corrected chi connectivity index (χ2v) is 2.98. The zero-order valence-electron chi connectivity index (χ0n) is 7.09. The molecular weight excluding hydrogens is 148 g/mol. The number of benzene rings is 1. The Morgan fingerprint density at radius 3 is 2.75 bits per heavy atom. The molecule has 2 heteroatoms. The van der Waals surface area contributed by atoms with E-state index in [1.807, 2.05) is 12.1 Å². The molecule has 1 aromatic rings. The SMILES string of the molecule is [c]1ccccc1N1CCNCC1. The lowest BCUT2D eigenvalue weighted by molar-refractivity contribution is 0.589. The van der Waals surface area contributed by atoms with Crippen LogP contribution in [0.5, 0.6) is 0 Å². The first-order valence-corrected chi connectivity index (χ1v) is 4.39. The predicted octanol–water partition coefficient (Wildman–Crippen LogP) is 0.896. The molecule has 12 heavy (non-hydrogen) atoms. The summed E-state index contributed by atoms with van der Waals surface area (Å²) in [6.07, 6.45) is 0. The Bertz CT molecular complexity index is 227. The first-order valence-electron chi connectivity index (χ1n) is 4.39. The molecule has 1 heterocycles. The summed E-state index contributed by atoms with van der Waals surface area (Å²) >= 11 is 0. The van der Waals surface area contributed by atoms with Crippen molar-refractivity contribution >= 4 is 5.69 Å². The second-order valence-electron chi connectivity index (χ2n) is 2.98. The topological polar surface area (TPSA) is 15.3 Å². The van der Waals surface area contributed by atoms with Gasteiger partial charge in [0.15, 0.2) is 0 Å². The van der Waals surface area contributed by atoms with Crippen molar-refractivity contribution in [2.75, 3.05) is 31.1 Å². The second kappa shape index (κ2) is 3.59. The van der Waals surface area contributed by atoms with Crippen LogP contribution in [0.25, 0.3) is 0 Å². The number of nitrogens with one attached hydrogen (secondary N) is 1. The normalized spacial score (nSPS) is 17.8. The van der Waals surface area contributed by atoms with Crippen molar-refractivity contribution in [2.24, 2.45) is 0 Å². The summed E-state index contributed by atoms with van der Waals surface area (Å²) in [6, 6.07) is 11.4. The van der Waals surface area contributed by atoms with Crippen LogP contribution in [0.3, 0.4) is 0 Å². The molecule has 0 bridgehead atoms. The number of rotatable bonds is 1. The summed E-state index contributed by atoms with van der Waals surface area (Å²) < 4.78 is 0.